The molecule has 1 unspecified atom stereocenters. The Bertz CT molecular complexity index is 365. The first kappa shape index (κ1) is 10.8. The Balaban J connectivity index is 2.23. The zero-order valence-electron chi connectivity index (χ0n) is 8.82. The molecular formula is C11H14O3Se. The molecule has 0 aliphatic carbocycles. The van der Waals surface area contributed by atoms with E-state index in [-0.39, 0.29) is 5.75 Å². The molecule has 82 valence electrons. The van der Waals surface area contributed by atoms with E-state index < -0.39 is 0 Å². The Morgan fingerprint density at radius 2 is 2.27 bits per heavy atom. The van der Waals surface area contributed by atoms with Crippen molar-refractivity contribution in [3.8, 4) is 11.5 Å². The summed E-state index contributed by atoms with van der Waals surface area (Å²) in [7, 11) is 3.31. The second-order valence-corrected chi connectivity index (χ2v) is 6.35. The molecule has 0 fully saturated rings. The van der Waals surface area contributed by atoms with E-state index in [4.69, 9.17) is 9.47 Å². The second kappa shape index (κ2) is 4.43. The number of phenols is 1. The third kappa shape index (κ3) is 2.12. The molecular weight excluding hydrogens is 259 g/mol. The van der Waals surface area contributed by atoms with Crippen LogP contribution in [0.1, 0.15) is 5.56 Å². The standard InChI is InChI=1S/C11H14O3Se/c1-13-6-8-3-7-4-10(14-2)9(12)5-11(7)15-8/h4-5,8,12H,3,6H2,1-2H3. The quantitative estimate of drug-likeness (QED) is 0.825. The van der Waals surface area contributed by atoms with Gasteiger partial charge in [-0.3, -0.25) is 0 Å². The van der Waals surface area contributed by atoms with Gasteiger partial charge in [-0.15, -0.1) is 0 Å². The van der Waals surface area contributed by atoms with E-state index in [1.807, 2.05) is 12.1 Å². The second-order valence-electron chi connectivity index (χ2n) is 3.53. The maximum atomic E-state index is 9.64. The van der Waals surface area contributed by atoms with Crippen LogP contribution in [-0.2, 0) is 11.2 Å². The molecule has 15 heavy (non-hydrogen) atoms. The van der Waals surface area contributed by atoms with Gasteiger partial charge in [0, 0.05) is 0 Å². The molecule has 0 saturated heterocycles. The molecule has 0 spiro atoms. The van der Waals surface area contributed by atoms with Crippen molar-refractivity contribution in [3.05, 3.63) is 17.7 Å². The van der Waals surface area contributed by atoms with Crippen molar-refractivity contribution in [1.82, 2.24) is 0 Å². The monoisotopic (exact) mass is 274 g/mol. The van der Waals surface area contributed by atoms with Crippen molar-refractivity contribution in [3.63, 3.8) is 0 Å². The molecule has 3 nitrogen and oxygen atoms in total. The first-order valence-corrected chi connectivity index (χ1v) is 6.64. The van der Waals surface area contributed by atoms with Crippen molar-refractivity contribution in [1.29, 1.82) is 0 Å². The molecule has 0 amide bonds. The maximum absolute atomic E-state index is 9.64. The summed E-state index contributed by atoms with van der Waals surface area (Å²) >= 11 is 0.412. The van der Waals surface area contributed by atoms with Crippen LogP contribution in [-0.4, -0.2) is 40.9 Å². The van der Waals surface area contributed by atoms with E-state index in [0.29, 0.717) is 25.5 Å². The van der Waals surface area contributed by atoms with E-state index in [0.717, 1.165) is 13.0 Å². The molecule has 1 aliphatic heterocycles. The van der Waals surface area contributed by atoms with Crippen molar-refractivity contribution < 1.29 is 14.6 Å². The summed E-state index contributed by atoms with van der Waals surface area (Å²) in [5.74, 6) is 0.818. The molecule has 1 aromatic carbocycles. The predicted molar refractivity (Wildman–Crippen MR) is 59.4 cm³/mol. The number of rotatable bonds is 3. The Hall–Kier alpha value is -0.701. The van der Waals surface area contributed by atoms with Crippen LogP contribution < -0.4 is 9.20 Å². The van der Waals surface area contributed by atoms with Crippen LogP contribution in [0.2, 0.25) is 4.82 Å². The van der Waals surface area contributed by atoms with Gasteiger partial charge in [-0.25, -0.2) is 0 Å². The molecule has 1 aromatic rings. The summed E-state index contributed by atoms with van der Waals surface area (Å²) in [6, 6.07) is 3.78. The molecule has 0 saturated carbocycles. The SMILES string of the molecule is COCC1Cc2cc(OC)c(O)cc2[Se]1. The van der Waals surface area contributed by atoms with Crippen molar-refractivity contribution in [2.45, 2.75) is 11.2 Å². The Morgan fingerprint density at radius 3 is 2.93 bits per heavy atom. The molecule has 2 rings (SSSR count). The van der Waals surface area contributed by atoms with Gasteiger partial charge in [0.05, 0.1) is 0 Å². The number of phenolic OH excluding ortho intramolecular Hbond substituents is 1. The molecule has 1 heterocycles. The molecule has 1 aliphatic rings. The fourth-order valence-electron chi connectivity index (χ4n) is 1.77. The fourth-order valence-corrected chi connectivity index (χ4v) is 4.50. The predicted octanol–water partition coefficient (Wildman–Crippen LogP) is 0.721. The van der Waals surface area contributed by atoms with Crippen LogP contribution in [0.3, 0.4) is 0 Å². The first-order chi connectivity index (χ1) is 7.24. The van der Waals surface area contributed by atoms with E-state index >= 15 is 0 Å². The number of ether oxygens (including phenoxy) is 2. The molecule has 0 aromatic heterocycles. The Labute approximate surface area is 95.6 Å². The number of aromatic hydroxyl groups is 1. The van der Waals surface area contributed by atoms with Crippen LogP contribution in [0.15, 0.2) is 12.1 Å². The first-order valence-electron chi connectivity index (χ1n) is 4.80. The van der Waals surface area contributed by atoms with Gasteiger partial charge in [0.15, 0.2) is 0 Å². The van der Waals surface area contributed by atoms with Crippen LogP contribution in [0, 0.1) is 0 Å². The van der Waals surface area contributed by atoms with E-state index in [1.165, 1.54) is 10.0 Å². The van der Waals surface area contributed by atoms with Crippen LogP contribution in [0.5, 0.6) is 11.5 Å². The molecule has 1 N–H and O–H groups in total. The van der Waals surface area contributed by atoms with Gasteiger partial charge in [0.1, 0.15) is 0 Å². The van der Waals surface area contributed by atoms with E-state index in [1.54, 1.807) is 14.2 Å². The normalized spacial score (nSPS) is 18.9. The zero-order chi connectivity index (χ0) is 10.8. The zero-order valence-corrected chi connectivity index (χ0v) is 10.5. The van der Waals surface area contributed by atoms with Gasteiger partial charge >= 0.3 is 95.3 Å². The summed E-state index contributed by atoms with van der Waals surface area (Å²) in [6.45, 7) is 0.803. The Morgan fingerprint density at radius 1 is 1.47 bits per heavy atom. The topological polar surface area (TPSA) is 38.7 Å². The minimum atomic E-state index is 0.246. The van der Waals surface area contributed by atoms with Crippen LogP contribution in [0.4, 0.5) is 0 Å². The van der Waals surface area contributed by atoms with Gasteiger partial charge in [-0.05, 0) is 0 Å². The van der Waals surface area contributed by atoms with Gasteiger partial charge in [0.25, 0.3) is 0 Å². The number of methoxy groups -OCH3 is 2. The van der Waals surface area contributed by atoms with Gasteiger partial charge in [-0.1, -0.05) is 0 Å². The summed E-state index contributed by atoms with van der Waals surface area (Å²) in [5.41, 5.74) is 1.30. The third-order valence-corrected chi connectivity index (χ3v) is 5.12. The summed E-state index contributed by atoms with van der Waals surface area (Å²) < 4.78 is 11.5. The van der Waals surface area contributed by atoms with Crippen LogP contribution in [0.25, 0.3) is 0 Å². The van der Waals surface area contributed by atoms with Crippen molar-refractivity contribution >= 4 is 19.4 Å². The summed E-state index contributed by atoms with van der Waals surface area (Å²) in [4.78, 5) is 0.601. The van der Waals surface area contributed by atoms with E-state index in [2.05, 4.69) is 0 Å². The number of fused-ring (bicyclic) bond motifs is 1. The summed E-state index contributed by atoms with van der Waals surface area (Å²) in [6.07, 6.45) is 1.04. The van der Waals surface area contributed by atoms with Crippen LogP contribution >= 0.6 is 0 Å². The number of hydrogen-bond donors (Lipinski definition) is 1. The molecule has 1 atom stereocenters. The van der Waals surface area contributed by atoms with E-state index in [9.17, 15) is 5.11 Å². The van der Waals surface area contributed by atoms with Gasteiger partial charge < -0.3 is 0 Å². The molecule has 0 radical (unpaired) electrons. The van der Waals surface area contributed by atoms with Crippen molar-refractivity contribution in [2.75, 3.05) is 20.8 Å². The van der Waals surface area contributed by atoms with Crippen molar-refractivity contribution in [2.24, 2.45) is 0 Å². The Kier molecular flexibility index (Phi) is 3.19. The summed E-state index contributed by atoms with van der Waals surface area (Å²) in [5, 5.41) is 9.64. The third-order valence-electron chi connectivity index (χ3n) is 2.46. The fraction of sp³-hybridized carbons (Fsp3) is 0.455. The average molecular weight is 273 g/mol. The minimum absolute atomic E-state index is 0.246. The number of benzene rings is 1. The van der Waals surface area contributed by atoms with Gasteiger partial charge in [-0.2, -0.15) is 0 Å². The average Bonchev–Trinajstić information content (AvgIpc) is 2.58. The molecule has 0 bridgehead atoms. The number of hydrogen-bond acceptors (Lipinski definition) is 3. The van der Waals surface area contributed by atoms with Gasteiger partial charge in [0.2, 0.25) is 0 Å². The molecule has 4 heteroatoms.